The molecule has 3 heteroatoms. The first-order chi connectivity index (χ1) is 9.11. The topological polar surface area (TPSA) is 41.5 Å². The number of nitrogens with one attached hydrogen (secondary N) is 1. The minimum Gasteiger partial charge on any atom is -0.507 e. The Morgan fingerprint density at radius 3 is 2.53 bits per heavy atom. The van der Waals surface area contributed by atoms with Crippen molar-refractivity contribution in [3.8, 4) is 11.5 Å². The van der Waals surface area contributed by atoms with Crippen LogP contribution in [-0.4, -0.2) is 18.3 Å². The van der Waals surface area contributed by atoms with Crippen LogP contribution in [0.4, 0.5) is 0 Å². The van der Waals surface area contributed by atoms with Crippen LogP contribution in [0.3, 0.4) is 0 Å². The van der Waals surface area contributed by atoms with Gasteiger partial charge in [-0.25, -0.2) is 0 Å². The van der Waals surface area contributed by atoms with E-state index in [9.17, 15) is 5.11 Å². The molecule has 0 spiro atoms. The van der Waals surface area contributed by atoms with Gasteiger partial charge in [0.2, 0.25) is 0 Å². The van der Waals surface area contributed by atoms with Crippen LogP contribution in [0, 0.1) is 5.92 Å². The number of phenols is 1. The molecule has 1 aliphatic rings. The van der Waals surface area contributed by atoms with Gasteiger partial charge in [0, 0.05) is 23.7 Å². The maximum atomic E-state index is 10.1. The van der Waals surface area contributed by atoms with Crippen molar-refractivity contribution in [2.24, 2.45) is 5.92 Å². The van der Waals surface area contributed by atoms with Crippen molar-refractivity contribution in [2.45, 2.75) is 51.6 Å². The summed E-state index contributed by atoms with van der Waals surface area (Å²) in [4.78, 5) is 0. The lowest BCUT2D eigenvalue weighted by Gasteiger charge is -2.25. The minimum atomic E-state index is 0.154. The first kappa shape index (κ1) is 14.2. The summed E-state index contributed by atoms with van der Waals surface area (Å²) >= 11 is 0. The van der Waals surface area contributed by atoms with Gasteiger partial charge in [-0.3, -0.25) is 0 Å². The van der Waals surface area contributed by atoms with Gasteiger partial charge in [0.25, 0.3) is 0 Å². The molecule has 0 saturated heterocycles. The van der Waals surface area contributed by atoms with E-state index in [2.05, 4.69) is 19.2 Å². The highest BCUT2D eigenvalue weighted by atomic mass is 16.5. The van der Waals surface area contributed by atoms with E-state index in [4.69, 9.17) is 4.74 Å². The van der Waals surface area contributed by atoms with Crippen LogP contribution in [0.15, 0.2) is 18.2 Å². The van der Waals surface area contributed by atoms with Gasteiger partial charge in [0.05, 0.1) is 7.11 Å². The molecule has 106 valence electrons. The van der Waals surface area contributed by atoms with Crippen LogP contribution in [0.25, 0.3) is 0 Å². The molecule has 1 aromatic carbocycles. The molecule has 0 bridgehead atoms. The van der Waals surface area contributed by atoms with Crippen LogP contribution >= 0.6 is 0 Å². The van der Waals surface area contributed by atoms with Crippen LogP contribution in [0.1, 0.15) is 51.1 Å². The van der Waals surface area contributed by atoms with E-state index in [0.717, 1.165) is 11.5 Å². The highest BCUT2D eigenvalue weighted by Crippen LogP contribution is 2.31. The zero-order chi connectivity index (χ0) is 13.8. The first-order valence-electron chi connectivity index (χ1n) is 7.24. The number of rotatable bonds is 5. The third kappa shape index (κ3) is 3.41. The average molecular weight is 263 g/mol. The quantitative estimate of drug-likeness (QED) is 0.852. The summed E-state index contributed by atoms with van der Waals surface area (Å²) in [5, 5.41) is 13.7. The number of ether oxygens (including phenoxy) is 1. The highest BCUT2D eigenvalue weighted by Gasteiger charge is 2.23. The number of aromatic hydroxyl groups is 1. The molecule has 1 unspecified atom stereocenters. The molecule has 2 N–H and O–H groups in total. The fourth-order valence-corrected chi connectivity index (χ4v) is 3.09. The zero-order valence-corrected chi connectivity index (χ0v) is 12.1. The summed E-state index contributed by atoms with van der Waals surface area (Å²) < 4.78 is 5.11. The Hall–Kier alpha value is -1.22. The SMILES string of the molecule is COc1ccc(C(C)N[C@@H](C)C2CCCC2)c(O)c1. The zero-order valence-electron chi connectivity index (χ0n) is 12.1. The lowest BCUT2D eigenvalue weighted by molar-refractivity contribution is 0.346. The standard InChI is InChI=1S/C16H25NO2/c1-11(13-6-4-5-7-13)17-12(2)15-9-8-14(19-3)10-16(15)18/h8-13,17-18H,4-7H2,1-3H3/t11-,12?/m0/s1. The van der Waals surface area contributed by atoms with Crippen molar-refractivity contribution in [3.63, 3.8) is 0 Å². The Balaban J connectivity index is 2.00. The summed E-state index contributed by atoms with van der Waals surface area (Å²) in [7, 11) is 1.61. The molecule has 1 aliphatic carbocycles. The molecule has 1 aromatic rings. The normalized spacial score (nSPS) is 19.3. The van der Waals surface area contributed by atoms with Crippen molar-refractivity contribution >= 4 is 0 Å². The van der Waals surface area contributed by atoms with Gasteiger partial charge < -0.3 is 15.2 Å². The Kier molecular flexibility index (Phi) is 4.70. The minimum absolute atomic E-state index is 0.154. The van der Waals surface area contributed by atoms with Gasteiger partial charge >= 0.3 is 0 Å². The van der Waals surface area contributed by atoms with E-state index in [-0.39, 0.29) is 6.04 Å². The second-order valence-electron chi connectivity index (χ2n) is 5.65. The summed E-state index contributed by atoms with van der Waals surface area (Å²) in [6, 6.07) is 6.16. The van der Waals surface area contributed by atoms with Gasteiger partial charge in [0.1, 0.15) is 11.5 Å². The second-order valence-corrected chi connectivity index (χ2v) is 5.65. The van der Waals surface area contributed by atoms with Crippen molar-refractivity contribution < 1.29 is 9.84 Å². The van der Waals surface area contributed by atoms with E-state index < -0.39 is 0 Å². The molecular weight excluding hydrogens is 238 g/mol. The molecule has 2 atom stereocenters. The van der Waals surface area contributed by atoms with Gasteiger partial charge in [-0.05, 0) is 38.7 Å². The van der Waals surface area contributed by atoms with Gasteiger partial charge in [-0.2, -0.15) is 0 Å². The molecule has 0 heterocycles. The summed E-state index contributed by atoms with van der Waals surface area (Å²) in [5.74, 6) is 1.78. The molecule has 0 aromatic heterocycles. The van der Waals surface area contributed by atoms with Gasteiger partial charge in [-0.1, -0.05) is 18.9 Å². The lowest BCUT2D eigenvalue weighted by atomic mass is 9.97. The molecule has 2 rings (SSSR count). The van der Waals surface area contributed by atoms with E-state index in [1.165, 1.54) is 25.7 Å². The molecular formula is C16H25NO2. The van der Waals surface area contributed by atoms with Crippen LogP contribution in [0.5, 0.6) is 11.5 Å². The van der Waals surface area contributed by atoms with E-state index in [0.29, 0.717) is 17.5 Å². The summed E-state index contributed by atoms with van der Waals surface area (Å²) in [5.41, 5.74) is 0.936. The number of methoxy groups -OCH3 is 1. The first-order valence-corrected chi connectivity index (χ1v) is 7.24. The third-order valence-corrected chi connectivity index (χ3v) is 4.32. The van der Waals surface area contributed by atoms with Gasteiger partial charge in [0.15, 0.2) is 0 Å². The summed E-state index contributed by atoms with van der Waals surface area (Å²) in [6.45, 7) is 4.36. The molecule has 0 amide bonds. The summed E-state index contributed by atoms with van der Waals surface area (Å²) in [6.07, 6.45) is 5.38. The largest absolute Gasteiger partial charge is 0.507 e. The van der Waals surface area contributed by atoms with Crippen LogP contribution in [0.2, 0.25) is 0 Å². The second kappa shape index (κ2) is 6.29. The predicted molar refractivity (Wildman–Crippen MR) is 77.6 cm³/mol. The molecule has 1 fully saturated rings. The predicted octanol–water partition coefficient (Wildman–Crippen LogP) is 3.63. The Morgan fingerprint density at radius 2 is 1.95 bits per heavy atom. The lowest BCUT2D eigenvalue weighted by Crippen LogP contribution is -2.34. The van der Waals surface area contributed by atoms with Crippen LogP contribution < -0.4 is 10.1 Å². The molecule has 3 nitrogen and oxygen atoms in total. The molecule has 1 saturated carbocycles. The maximum Gasteiger partial charge on any atom is 0.124 e. The monoisotopic (exact) mass is 263 g/mol. The maximum absolute atomic E-state index is 10.1. The van der Waals surface area contributed by atoms with E-state index >= 15 is 0 Å². The van der Waals surface area contributed by atoms with Crippen molar-refractivity contribution in [3.05, 3.63) is 23.8 Å². The van der Waals surface area contributed by atoms with Crippen LogP contribution in [-0.2, 0) is 0 Å². The average Bonchev–Trinajstić information content (AvgIpc) is 2.92. The number of phenolic OH excluding ortho intramolecular Hbond substituents is 1. The molecule has 19 heavy (non-hydrogen) atoms. The number of hydrogen-bond acceptors (Lipinski definition) is 3. The highest BCUT2D eigenvalue weighted by molar-refractivity contribution is 5.41. The van der Waals surface area contributed by atoms with Crippen molar-refractivity contribution in [2.75, 3.05) is 7.11 Å². The fraction of sp³-hybridized carbons (Fsp3) is 0.625. The van der Waals surface area contributed by atoms with Gasteiger partial charge in [-0.15, -0.1) is 0 Å². The molecule has 0 radical (unpaired) electrons. The van der Waals surface area contributed by atoms with Crippen molar-refractivity contribution in [1.29, 1.82) is 0 Å². The fourth-order valence-electron chi connectivity index (χ4n) is 3.09. The molecule has 0 aliphatic heterocycles. The Bertz CT molecular complexity index is 413. The number of benzene rings is 1. The van der Waals surface area contributed by atoms with Crippen molar-refractivity contribution in [1.82, 2.24) is 5.32 Å². The van der Waals surface area contributed by atoms with E-state index in [1.807, 2.05) is 12.1 Å². The number of hydrogen-bond donors (Lipinski definition) is 2. The third-order valence-electron chi connectivity index (χ3n) is 4.32. The smallest absolute Gasteiger partial charge is 0.124 e. The van der Waals surface area contributed by atoms with E-state index in [1.54, 1.807) is 13.2 Å². The Morgan fingerprint density at radius 1 is 1.26 bits per heavy atom. The Labute approximate surface area is 116 Å².